The van der Waals surface area contributed by atoms with Crippen molar-refractivity contribution in [3.05, 3.63) is 30.3 Å². The molecule has 78 valence electrons. The van der Waals surface area contributed by atoms with Crippen LogP contribution in [0.5, 0.6) is 0 Å². The fraction of sp³-hybridized carbons (Fsp3) is 0.455. The van der Waals surface area contributed by atoms with E-state index in [4.69, 9.17) is 5.11 Å². The van der Waals surface area contributed by atoms with Gasteiger partial charge in [0, 0.05) is 12.2 Å². The van der Waals surface area contributed by atoms with E-state index in [2.05, 4.69) is 5.32 Å². The second-order valence-electron chi connectivity index (χ2n) is 3.70. The maximum Gasteiger partial charge on any atom is 0.0866 e. The van der Waals surface area contributed by atoms with Crippen LogP contribution in [0.15, 0.2) is 30.3 Å². The highest BCUT2D eigenvalue weighted by atomic mass is 16.3. The van der Waals surface area contributed by atoms with Gasteiger partial charge >= 0.3 is 0 Å². The minimum absolute atomic E-state index is 0.205. The highest BCUT2D eigenvalue weighted by Crippen LogP contribution is 2.10. The quantitative estimate of drug-likeness (QED) is 0.662. The first-order valence-electron chi connectivity index (χ1n) is 4.76. The lowest BCUT2D eigenvalue weighted by atomic mass is 10.0. The number of hydrogen-bond acceptors (Lipinski definition) is 3. The molecule has 0 aromatic heterocycles. The van der Waals surface area contributed by atoms with Crippen LogP contribution in [0.4, 0.5) is 5.69 Å². The molecule has 0 aliphatic heterocycles. The van der Waals surface area contributed by atoms with Gasteiger partial charge < -0.3 is 15.5 Å². The Bertz CT molecular complexity index is 259. The molecule has 1 aromatic rings. The number of rotatable bonds is 5. The predicted octanol–water partition coefficient (Wildman–Crippen LogP) is 1.23. The predicted molar refractivity (Wildman–Crippen MR) is 57.3 cm³/mol. The molecule has 14 heavy (non-hydrogen) atoms. The molecule has 0 spiro atoms. The van der Waals surface area contributed by atoms with E-state index in [1.54, 1.807) is 6.92 Å². The molecule has 0 aliphatic rings. The van der Waals surface area contributed by atoms with Gasteiger partial charge in [0.15, 0.2) is 0 Å². The van der Waals surface area contributed by atoms with E-state index in [9.17, 15) is 5.11 Å². The molecule has 0 heterocycles. The number of hydrogen-bond donors (Lipinski definition) is 3. The van der Waals surface area contributed by atoms with Crippen molar-refractivity contribution in [2.75, 3.05) is 18.5 Å². The number of para-hydroxylation sites is 1. The zero-order valence-electron chi connectivity index (χ0n) is 8.40. The lowest BCUT2D eigenvalue weighted by molar-refractivity contribution is -0.00217. The van der Waals surface area contributed by atoms with Crippen molar-refractivity contribution in [1.29, 1.82) is 0 Å². The van der Waals surface area contributed by atoms with E-state index in [-0.39, 0.29) is 6.61 Å². The van der Waals surface area contributed by atoms with Crippen LogP contribution in [0.25, 0.3) is 0 Å². The Kier molecular flexibility index (Phi) is 3.92. The Morgan fingerprint density at radius 2 is 1.93 bits per heavy atom. The number of aliphatic hydroxyl groups is 2. The molecule has 1 aromatic carbocycles. The summed E-state index contributed by atoms with van der Waals surface area (Å²) in [6.45, 7) is 2.07. The highest BCUT2D eigenvalue weighted by Gasteiger charge is 2.17. The largest absolute Gasteiger partial charge is 0.393 e. The molecule has 3 N–H and O–H groups in total. The van der Waals surface area contributed by atoms with Crippen molar-refractivity contribution in [3.63, 3.8) is 0 Å². The van der Waals surface area contributed by atoms with Crippen LogP contribution in [-0.2, 0) is 0 Å². The molecular weight excluding hydrogens is 178 g/mol. The second kappa shape index (κ2) is 4.98. The van der Waals surface area contributed by atoms with Gasteiger partial charge in [-0.3, -0.25) is 0 Å². The summed E-state index contributed by atoms with van der Waals surface area (Å²) in [5, 5.41) is 21.5. The summed E-state index contributed by atoms with van der Waals surface area (Å²) in [5.74, 6) is 0. The summed E-state index contributed by atoms with van der Waals surface area (Å²) >= 11 is 0. The van der Waals surface area contributed by atoms with Crippen LogP contribution in [0.1, 0.15) is 13.3 Å². The molecule has 0 saturated carbocycles. The standard InChI is InChI=1S/C11H17NO2/c1-11(14,9-13)7-8-12-10-5-3-2-4-6-10/h2-6,12-14H,7-9H2,1H3. The zero-order valence-corrected chi connectivity index (χ0v) is 8.40. The summed E-state index contributed by atoms with van der Waals surface area (Å²) in [5.41, 5.74) is 0.0446. The first-order chi connectivity index (χ1) is 6.64. The maximum absolute atomic E-state index is 9.51. The van der Waals surface area contributed by atoms with Gasteiger partial charge in [-0.05, 0) is 25.5 Å². The Morgan fingerprint density at radius 3 is 2.50 bits per heavy atom. The van der Waals surface area contributed by atoms with Crippen LogP contribution >= 0.6 is 0 Å². The van der Waals surface area contributed by atoms with E-state index < -0.39 is 5.60 Å². The van der Waals surface area contributed by atoms with Gasteiger partial charge in [0.1, 0.15) is 0 Å². The summed E-state index contributed by atoms with van der Waals surface area (Å²) in [4.78, 5) is 0. The van der Waals surface area contributed by atoms with E-state index in [0.29, 0.717) is 13.0 Å². The molecule has 3 heteroatoms. The Labute approximate surface area is 84.4 Å². The number of aliphatic hydroxyl groups excluding tert-OH is 1. The normalized spacial score (nSPS) is 14.8. The monoisotopic (exact) mass is 195 g/mol. The molecule has 0 bridgehead atoms. The van der Waals surface area contributed by atoms with Crippen molar-refractivity contribution in [3.8, 4) is 0 Å². The average molecular weight is 195 g/mol. The van der Waals surface area contributed by atoms with Crippen molar-refractivity contribution < 1.29 is 10.2 Å². The summed E-state index contributed by atoms with van der Waals surface area (Å²) < 4.78 is 0. The highest BCUT2D eigenvalue weighted by molar-refractivity contribution is 5.42. The molecule has 1 atom stereocenters. The third kappa shape index (κ3) is 3.77. The van der Waals surface area contributed by atoms with Gasteiger partial charge in [-0.1, -0.05) is 18.2 Å². The second-order valence-corrected chi connectivity index (χ2v) is 3.70. The van der Waals surface area contributed by atoms with Gasteiger partial charge in [0.25, 0.3) is 0 Å². The summed E-state index contributed by atoms with van der Waals surface area (Å²) in [6, 6.07) is 9.79. The third-order valence-electron chi connectivity index (χ3n) is 2.11. The van der Waals surface area contributed by atoms with E-state index in [1.165, 1.54) is 0 Å². The zero-order chi connectivity index (χ0) is 10.4. The van der Waals surface area contributed by atoms with Gasteiger partial charge in [0.05, 0.1) is 12.2 Å². The number of nitrogens with one attached hydrogen (secondary N) is 1. The van der Waals surface area contributed by atoms with E-state index in [1.807, 2.05) is 30.3 Å². The van der Waals surface area contributed by atoms with Crippen molar-refractivity contribution >= 4 is 5.69 Å². The smallest absolute Gasteiger partial charge is 0.0866 e. The van der Waals surface area contributed by atoms with Crippen molar-refractivity contribution in [1.82, 2.24) is 0 Å². The van der Waals surface area contributed by atoms with E-state index in [0.717, 1.165) is 5.69 Å². The van der Waals surface area contributed by atoms with Crippen molar-refractivity contribution in [2.45, 2.75) is 18.9 Å². The maximum atomic E-state index is 9.51. The van der Waals surface area contributed by atoms with Crippen LogP contribution in [0.3, 0.4) is 0 Å². The Balaban J connectivity index is 2.29. The average Bonchev–Trinajstić information content (AvgIpc) is 2.19. The molecular formula is C11H17NO2. The Hall–Kier alpha value is -1.06. The molecule has 1 rings (SSSR count). The molecule has 1 unspecified atom stereocenters. The van der Waals surface area contributed by atoms with Gasteiger partial charge in [-0.25, -0.2) is 0 Å². The topological polar surface area (TPSA) is 52.5 Å². The number of anilines is 1. The van der Waals surface area contributed by atoms with Crippen LogP contribution in [0.2, 0.25) is 0 Å². The van der Waals surface area contributed by atoms with Crippen LogP contribution in [-0.4, -0.2) is 29.0 Å². The van der Waals surface area contributed by atoms with E-state index >= 15 is 0 Å². The number of benzene rings is 1. The summed E-state index contributed by atoms with van der Waals surface area (Å²) in [6.07, 6.45) is 0.526. The third-order valence-corrected chi connectivity index (χ3v) is 2.11. The molecule has 0 fully saturated rings. The lowest BCUT2D eigenvalue weighted by Crippen LogP contribution is -2.31. The molecule has 0 amide bonds. The first-order valence-corrected chi connectivity index (χ1v) is 4.76. The van der Waals surface area contributed by atoms with Gasteiger partial charge in [0.2, 0.25) is 0 Å². The molecule has 0 radical (unpaired) electrons. The molecule has 0 saturated heterocycles. The molecule has 0 aliphatic carbocycles. The Morgan fingerprint density at radius 1 is 1.29 bits per heavy atom. The van der Waals surface area contributed by atoms with Gasteiger partial charge in [-0.15, -0.1) is 0 Å². The lowest BCUT2D eigenvalue weighted by Gasteiger charge is -2.20. The minimum atomic E-state index is -0.984. The summed E-state index contributed by atoms with van der Waals surface area (Å²) in [7, 11) is 0. The first kappa shape index (κ1) is 11.0. The van der Waals surface area contributed by atoms with Crippen LogP contribution < -0.4 is 5.32 Å². The minimum Gasteiger partial charge on any atom is -0.393 e. The fourth-order valence-corrected chi connectivity index (χ4v) is 1.11. The van der Waals surface area contributed by atoms with Gasteiger partial charge in [-0.2, -0.15) is 0 Å². The van der Waals surface area contributed by atoms with Crippen molar-refractivity contribution in [2.24, 2.45) is 0 Å². The van der Waals surface area contributed by atoms with Crippen LogP contribution in [0, 0.1) is 0 Å². The SMILES string of the molecule is CC(O)(CO)CCNc1ccccc1. The fourth-order valence-electron chi connectivity index (χ4n) is 1.11. The molecule has 3 nitrogen and oxygen atoms in total.